The fourth-order valence-corrected chi connectivity index (χ4v) is 1.74. The maximum Gasteiger partial charge on any atom is 0.131 e. The zero-order valence-corrected chi connectivity index (χ0v) is 8.96. The third kappa shape index (κ3) is 3.00. The molecule has 0 aliphatic carbocycles. The van der Waals surface area contributed by atoms with Gasteiger partial charge in [0.1, 0.15) is 11.6 Å². The Bertz CT molecular complexity index is 351. The number of halogens is 2. The summed E-state index contributed by atoms with van der Waals surface area (Å²) in [5.41, 5.74) is 0.406. The Labute approximate surface area is 93.6 Å². The van der Waals surface area contributed by atoms with Crippen LogP contribution in [0.1, 0.15) is 18.4 Å². The predicted octanol–water partition coefficient (Wildman–Crippen LogP) is 2.25. The molecule has 0 amide bonds. The van der Waals surface area contributed by atoms with Crippen molar-refractivity contribution in [1.29, 1.82) is 0 Å². The first-order valence-electron chi connectivity index (χ1n) is 5.44. The van der Waals surface area contributed by atoms with Crippen LogP contribution in [0, 0.1) is 11.6 Å². The number of hydrogen-bond donors (Lipinski definition) is 0. The number of piperidine rings is 1. The van der Waals surface area contributed by atoms with Crippen LogP contribution < -0.4 is 5.32 Å². The van der Waals surface area contributed by atoms with Gasteiger partial charge in [0.05, 0.1) is 12.7 Å². The maximum atomic E-state index is 13.3. The molecule has 0 bridgehead atoms. The first-order chi connectivity index (χ1) is 7.75. The molecule has 0 unspecified atom stereocenters. The Kier molecular flexibility index (Phi) is 3.85. The number of rotatable bonds is 3. The van der Waals surface area contributed by atoms with Crippen LogP contribution in [0.15, 0.2) is 18.2 Å². The van der Waals surface area contributed by atoms with E-state index in [1.165, 1.54) is 12.1 Å². The van der Waals surface area contributed by atoms with E-state index in [1.54, 1.807) is 0 Å². The summed E-state index contributed by atoms with van der Waals surface area (Å²) in [6.45, 7) is 1.84. The Morgan fingerprint density at radius 1 is 1.25 bits per heavy atom. The van der Waals surface area contributed by atoms with Crippen molar-refractivity contribution in [3.8, 4) is 0 Å². The second-order valence-corrected chi connectivity index (χ2v) is 3.92. The van der Waals surface area contributed by atoms with Gasteiger partial charge in [-0.1, -0.05) is 6.07 Å². The van der Waals surface area contributed by atoms with E-state index in [9.17, 15) is 8.78 Å². The molecular formula is C12H14F2NO. The summed E-state index contributed by atoms with van der Waals surface area (Å²) in [6, 6.07) is 3.56. The highest BCUT2D eigenvalue weighted by atomic mass is 19.1. The first-order valence-corrected chi connectivity index (χ1v) is 5.44. The van der Waals surface area contributed by atoms with Crippen molar-refractivity contribution in [2.45, 2.75) is 25.6 Å². The molecule has 0 N–H and O–H groups in total. The van der Waals surface area contributed by atoms with Gasteiger partial charge in [0.15, 0.2) is 0 Å². The summed E-state index contributed by atoms with van der Waals surface area (Å²) in [4.78, 5) is 0. The molecule has 2 nitrogen and oxygen atoms in total. The van der Waals surface area contributed by atoms with Crippen molar-refractivity contribution in [3.63, 3.8) is 0 Å². The summed E-state index contributed by atoms with van der Waals surface area (Å²) >= 11 is 0. The molecule has 1 aliphatic rings. The standard InChI is InChI=1S/C12H14F2NO/c13-10-2-1-9(12(14)7-10)8-16-11-3-5-15-6-4-11/h1-2,7,11H,3-6,8H2. The molecule has 0 saturated carbocycles. The van der Waals surface area contributed by atoms with Crippen molar-refractivity contribution in [2.24, 2.45) is 0 Å². The summed E-state index contributed by atoms with van der Waals surface area (Å²) in [5.74, 6) is -1.10. The second kappa shape index (κ2) is 5.37. The minimum Gasteiger partial charge on any atom is -0.373 e. The number of hydrogen-bond acceptors (Lipinski definition) is 1. The molecular weight excluding hydrogens is 212 g/mol. The van der Waals surface area contributed by atoms with Gasteiger partial charge in [-0.2, -0.15) is 0 Å². The fraction of sp³-hybridized carbons (Fsp3) is 0.500. The quantitative estimate of drug-likeness (QED) is 0.775. The molecule has 0 spiro atoms. The Balaban J connectivity index is 1.88. The summed E-state index contributed by atoms with van der Waals surface area (Å²) in [6.07, 6.45) is 1.94. The molecule has 16 heavy (non-hydrogen) atoms. The van der Waals surface area contributed by atoms with E-state index < -0.39 is 11.6 Å². The Morgan fingerprint density at radius 3 is 2.69 bits per heavy atom. The SMILES string of the molecule is Fc1ccc(COC2CC[N]CC2)c(F)c1. The number of ether oxygens (including phenoxy) is 1. The third-order valence-electron chi connectivity index (χ3n) is 2.71. The van der Waals surface area contributed by atoms with Gasteiger partial charge in [-0.15, -0.1) is 0 Å². The van der Waals surface area contributed by atoms with Gasteiger partial charge in [-0.05, 0) is 18.9 Å². The van der Waals surface area contributed by atoms with Crippen LogP contribution in [0.3, 0.4) is 0 Å². The second-order valence-electron chi connectivity index (χ2n) is 3.92. The van der Waals surface area contributed by atoms with E-state index in [2.05, 4.69) is 5.32 Å². The molecule has 1 saturated heterocycles. The predicted molar refractivity (Wildman–Crippen MR) is 56.0 cm³/mol. The molecule has 2 rings (SSSR count). The lowest BCUT2D eigenvalue weighted by molar-refractivity contribution is 0.0193. The van der Waals surface area contributed by atoms with Crippen LogP contribution in [0.4, 0.5) is 8.78 Å². The molecule has 4 heteroatoms. The van der Waals surface area contributed by atoms with Crippen LogP contribution in [0.5, 0.6) is 0 Å². The molecule has 1 radical (unpaired) electrons. The summed E-state index contributed by atoms with van der Waals surface area (Å²) < 4.78 is 31.5. The molecule has 0 atom stereocenters. The average Bonchev–Trinajstić information content (AvgIpc) is 2.29. The minimum atomic E-state index is -0.558. The van der Waals surface area contributed by atoms with Crippen LogP contribution >= 0.6 is 0 Å². The van der Waals surface area contributed by atoms with Crippen LogP contribution in [0.2, 0.25) is 0 Å². The molecule has 1 aromatic carbocycles. The van der Waals surface area contributed by atoms with Gasteiger partial charge in [0, 0.05) is 24.7 Å². The van der Waals surface area contributed by atoms with Crippen LogP contribution in [-0.2, 0) is 11.3 Å². The molecule has 0 aromatic heterocycles. The number of nitrogens with zero attached hydrogens (tertiary/aromatic N) is 1. The van der Waals surface area contributed by atoms with E-state index in [4.69, 9.17) is 4.74 Å². The van der Waals surface area contributed by atoms with Gasteiger partial charge in [0.2, 0.25) is 0 Å². The van der Waals surface area contributed by atoms with Gasteiger partial charge >= 0.3 is 0 Å². The molecule has 87 valence electrons. The van der Waals surface area contributed by atoms with E-state index in [0.717, 1.165) is 32.0 Å². The van der Waals surface area contributed by atoms with E-state index in [0.29, 0.717) is 5.56 Å². The first kappa shape index (κ1) is 11.5. The lowest BCUT2D eigenvalue weighted by atomic mass is 10.1. The largest absolute Gasteiger partial charge is 0.373 e. The molecule has 1 heterocycles. The van der Waals surface area contributed by atoms with Crippen molar-refractivity contribution in [2.75, 3.05) is 13.1 Å². The highest BCUT2D eigenvalue weighted by molar-refractivity contribution is 5.17. The zero-order valence-electron chi connectivity index (χ0n) is 8.96. The van der Waals surface area contributed by atoms with Gasteiger partial charge in [-0.3, -0.25) is 0 Å². The monoisotopic (exact) mass is 226 g/mol. The molecule has 1 fully saturated rings. The normalized spacial score (nSPS) is 17.6. The zero-order chi connectivity index (χ0) is 11.4. The van der Waals surface area contributed by atoms with Crippen molar-refractivity contribution >= 4 is 0 Å². The Morgan fingerprint density at radius 2 is 2.00 bits per heavy atom. The van der Waals surface area contributed by atoms with Crippen molar-refractivity contribution < 1.29 is 13.5 Å². The highest BCUT2D eigenvalue weighted by Crippen LogP contribution is 2.14. The number of benzene rings is 1. The topological polar surface area (TPSA) is 23.3 Å². The van der Waals surface area contributed by atoms with Crippen molar-refractivity contribution in [1.82, 2.24) is 5.32 Å². The highest BCUT2D eigenvalue weighted by Gasteiger charge is 2.14. The smallest absolute Gasteiger partial charge is 0.131 e. The van der Waals surface area contributed by atoms with E-state index in [1.807, 2.05) is 0 Å². The van der Waals surface area contributed by atoms with Gasteiger partial charge in [-0.25, -0.2) is 14.1 Å². The lowest BCUT2D eigenvalue weighted by Gasteiger charge is -2.22. The average molecular weight is 226 g/mol. The third-order valence-corrected chi connectivity index (χ3v) is 2.71. The van der Waals surface area contributed by atoms with E-state index >= 15 is 0 Å². The van der Waals surface area contributed by atoms with Gasteiger partial charge < -0.3 is 4.74 Å². The fourth-order valence-electron chi connectivity index (χ4n) is 1.74. The maximum absolute atomic E-state index is 13.3. The van der Waals surface area contributed by atoms with E-state index in [-0.39, 0.29) is 12.7 Å². The van der Waals surface area contributed by atoms with Crippen LogP contribution in [0.25, 0.3) is 0 Å². The minimum absolute atomic E-state index is 0.155. The summed E-state index contributed by atoms with van der Waals surface area (Å²) in [5, 5.41) is 4.21. The lowest BCUT2D eigenvalue weighted by Crippen LogP contribution is -2.28. The van der Waals surface area contributed by atoms with Crippen LogP contribution in [-0.4, -0.2) is 19.2 Å². The Hall–Kier alpha value is -1.00. The van der Waals surface area contributed by atoms with Gasteiger partial charge in [0.25, 0.3) is 0 Å². The summed E-state index contributed by atoms with van der Waals surface area (Å²) in [7, 11) is 0. The molecule has 1 aromatic rings. The molecule has 1 aliphatic heterocycles. The van der Waals surface area contributed by atoms with Crippen molar-refractivity contribution in [3.05, 3.63) is 35.4 Å².